The molecule has 2 aliphatic rings. The fraction of sp³-hybridized carbons (Fsp3) is 0.524. The summed E-state index contributed by atoms with van der Waals surface area (Å²) >= 11 is 7.51. The summed E-state index contributed by atoms with van der Waals surface area (Å²) in [7, 11) is -5.09. The molecule has 4 rings (SSSR count). The molecule has 1 atom stereocenters. The lowest BCUT2D eigenvalue weighted by Crippen LogP contribution is -2.38. The molecule has 0 spiro atoms. The van der Waals surface area contributed by atoms with Crippen LogP contribution in [0.5, 0.6) is 0 Å². The van der Waals surface area contributed by atoms with E-state index in [1.807, 2.05) is 6.92 Å². The largest absolute Gasteiger partial charge is 0.336 e. The van der Waals surface area contributed by atoms with Crippen LogP contribution in [-0.2, 0) is 19.9 Å². The molecule has 1 unspecified atom stereocenters. The monoisotopic (exact) mass is 531 g/mol. The van der Waals surface area contributed by atoms with Gasteiger partial charge in [0.05, 0.1) is 21.4 Å². The van der Waals surface area contributed by atoms with Gasteiger partial charge in [-0.2, -0.15) is 4.31 Å². The molecular formula is C21H26ClN3O5S3. The number of carbonyl (C=O) groups is 1. The number of aryl methyl sites for hydroxylation is 1. The molecule has 33 heavy (non-hydrogen) atoms. The predicted molar refractivity (Wildman–Crippen MR) is 128 cm³/mol. The lowest BCUT2D eigenvalue weighted by atomic mass is 9.99. The Balaban J connectivity index is 1.40. The minimum atomic E-state index is -3.62. The van der Waals surface area contributed by atoms with E-state index in [1.54, 1.807) is 24.6 Å². The van der Waals surface area contributed by atoms with Crippen molar-refractivity contribution < 1.29 is 21.6 Å². The molecule has 0 bridgehead atoms. The molecule has 2 fully saturated rings. The molecule has 0 radical (unpaired) electrons. The zero-order valence-corrected chi connectivity index (χ0v) is 21.6. The van der Waals surface area contributed by atoms with E-state index in [4.69, 9.17) is 11.6 Å². The Morgan fingerprint density at radius 3 is 2.55 bits per heavy atom. The molecule has 1 amide bonds. The van der Waals surface area contributed by atoms with Crippen molar-refractivity contribution in [1.82, 2.24) is 14.2 Å². The number of halogens is 1. The topological polar surface area (TPSA) is 105 Å². The molecular weight excluding hydrogens is 506 g/mol. The maximum atomic E-state index is 13.0. The number of nitrogens with zero attached hydrogens (tertiary/aromatic N) is 3. The number of benzene rings is 1. The van der Waals surface area contributed by atoms with Crippen LogP contribution in [0.2, 0.25) is 5.02 Å². The molecule has 1 aromatic heterocycles. The Hall–Kier alpha value is -1.53. The average Bonchev–Trinajstić information content (AvgIpc) is 3.41. The first-order valence-corrected chi connectivity index (χ1v) is 15.2. The molecule has 2 saturated heterocycles. The van der Waals surface area contributed by atoms with Gasteiger partial charge in [-0.1, -0.05) is 17.7 Å². The number of carbonyl (C=O) groups excluding carboxylic acids is 1. The first-order chi connectivity index (χ1) is 15.5. The number of hydrogen-bond donors (Lipinski definition) is 0. The molecule has 3 heterocycles. The Morgan fingerprint density at radius 1 is 1.24 bits per heavy atom. The predicted octanol–water partition coefficient (Wildman–Crippen LogP) is 2.93. The number of sulfonamides is 1. The van der Waals surface area contributed by atoms with Crippen LogP contribution in [0.3, 0.4) is 0 Å². The summed E-state index contributed by atoms with van der Waals surface area (Å²) in [5, 5.41) is 2.93. The quantitative estimate of drug-likeness (QED) is 0.587. The highest BCUT2D eigenvalue weighted by atomic mass is 35.5. The summed E-state index contributed by atoms with van der Waals surface area (Å²) in [6, 6.07) is 4.45. The molecule has 0 N–H and O–H groups in total. The number of thiazole rings is 1. The second kappa shape index (κ2) is 9.26. The van der Waals surface area contributed by atoms with Gasteiger partial charge in [-0.25, -0.2) is 21.8 Å². The van der Waals surface area contributed by atoms with E-state index in [0.717, 1.165) is 10.6 Å². The second-order valence-electron chi connectivity index (χ2n) is 8.63. The van der Waals surface area contributed by atoms with Crippen molar-refractivity contribution in [2.45, 2.75) is 43.0 Å². The van der Waals surface area contributed by atoms with Crippen molar-refractivity contribution >= 4 is 48.7 Å². The molecule has 180 valence electrons. The molecule has 0 saturated carbocycles. The zero-order chi connectivity index (χ0) is 24.0. The summed E-state index contributed by atoms with van der Waals surface area (Å²) in [5.74, 6) is -0.114. The van der Waals surface area contributed by atoms with Gasteiger partial charge < -0.3 is 4.90 Å². The van der Waals surface area contributed by atoms with Gasteiger partial charge in [0.15, 0.2) is 9.84 Å². The van der Waals surface area contributed by atoms with Gasteiger partial charge in [-0.05, 0) is 43.9 Å². The van der Waals surface area contributed by atoms with Crippen LogP contribution in [0, 0.1) is 6.92 Å². The third-order valence-corrected chi connectivity index (χ3v) is 11.5. The molecule has 12 heteroatoms. The Bertz CT molecular complexity index is 1270. The Labute approximate surface area is 203 Å². The third kappa shape index (κ3) is 5.12. The molecule has 0 aliphatic carbocycles. The Kier molecular flexibility index (Phi) is 6.90. The van der Waals surface area contributed by atoms with E-state index in [-0.39, 0.29) is 34.3 Å². The summed E-state index contributed by atoms with van der Waals surface area (Å²) < 4.78 is 50.9. The maximum absolute atomic E-state index is 13.0. The zero-order valence-electron chi connectivity index (χ0n) is 18.4. The number of hydrogen-bond acceptors (Lipinski definition) is 7. The van der Waals surface area contributed by atoms with Crippen LogP contribution in [0.4, 0.5) is 0 Å². The van der Waals surface area contributed by atoms with Crippen LogP contribution in [0.1, 0.15) is 46.2 Å². The number of amides is 1. The second-order valence-corrected chi connectivity index (χ2v) is 14.1. The summed E-state index contributed by atoms with van der Waals surface area (Å²) in [5.41, 5.74) is 1.13. The van der Waals surface area contributed by atoms with Crippen molar-refractivity contribution in [3.05, 3.63) is 44.9 Å². The Morgan fingerprint density at radius 2 is 1.94 bits per heavy atom. The number of sulfone groups is 1. The minimum Gasteiger partial charge on any atom is -0.336 e. The van der Waals surface area contributed by atoms with E-state index in [0.29, 0.717) is 43.1 Å². The third-order valence-electron chi connectivity index (χ3n) is 6.40. The van der Waals surface area contributed by atoms with E-state index in [2.05, 4.69) is 4.98 Å². The fourth-order valence-electron chi connectivity index (χ4n) is 4.23. The molecule has 2 aromatic rings. The van der Waals surface area contributed by atoms with Gasteiger partial charge >= 0.3 is 0 Å². The first kappa shape index (κ1) is 24.6. The van der Waals surface area contributed by atoms with Crippen LogP contribution in [0.15, 0.2) is 28.5 Å². The van der Waals surface area contributed by atoms with Gasteiger partial charge in [-0.15, -0.1) is 11.3 Å². The minimum absolute atomic E-state index is 0.00857. The summed E-state index contributed by atoms with van der Waals surface area (Å²) in [4.78, 5) is 19.0. The number of piperidine rings is 1. The average molecular weight is 532 g/mol. The van der Waals surface area contributed by atoms with Crippen molar-refractivity contribution in [2.75, 3.05) is 31.6 Å². The maximum Gasteiger partial charge on any atom is 0.273 e. The van der Waals surface area contributed by atoms with Gasteiger partial charge in [-0.3, -0.25) is 4.79 Å². The van der Waals surface area contributed by atoms with Gasteiger partial charge in [0.25, 0.3) is 5.91 Å². The SMILES string of the molecule is Cc1ccc(S(=O)(=O)N2CCC(c3nc(C(=O)N(C)C4CCS(=O)(=O)C4)cs3)CC2)cc1Cl. The van der Waals surface area contributed by atoms with Crippen molar-refractivity contribution in [3.63, 3.8) is 0 Å². The first-order valence-electron chi connectivity index (χ1n) is 10.7. The smallest absolute Gasteiger partial charge is 0.273 e. The van der Waals surface area contributed by atoms with Crippen LogP contribution >= 0.6 is 22.9 Å². The highest BCUT2D eigenvalue weighted by molar-refractivity contribution is 7.91. The fourth-order valence-corrected chi connectivity index (χ4v) is 8.71. The van der Waals surface area contributed by atoms with E-state index in [1.165, 1.54) is 26.6 Å². The van der Waals surface area contributed by atoms with Crippen molar-refractivity contribution in [2.24, 2.45) is 0 Å². The van der Waals surface area contributed by atoms with Crippen molar-refractivity contribution in [3.8, 4) is 0 Å². The lowest BCUT2D eigenvalue weighted by molar-refractivity contribution is 0.0742. The number of aromatic nitrogens is 1. The van der Waals surface area contributed by atoms with Crippen LogP contribution in [0.25, 0.3) is 0 Å². The van der Waals surface area contributed by atoms with E-state index < -0.39 is 19.9 Å². The summed E-state index contributed by atoms with van der Waals surface area (Å²) in [6.07, 6.45) is 1.66. The van der Waals surface area contributed by atoms with Crippen LogP contribution < -0.4 is 0 Å². The molecule has 1 aromatic carbocycles. The summed E-state index contributed by atoms with van der Waals surface area (Å²) in [6.45, 7) is 2.55. The van der Waals surface area contributed by atoms with Crippen LogP contribution in [-0.4, -0.2) is 74.6 Å². The van der Waals surface area contributed by atoms with Gasteiger partial charge in [0, 0.05) is 42.5 Å². The molecule has 8 nitrogen and oxygen atoms in total. The standard InChI is InChI=1S/C21H26ClN3O5S3/c1-14-3-4-17(11-18(14)22)33(29,30)25-8-5-15(6-9-25)20-23-19(12-31-20)21(26)24(2)16-7-10-32(27,28)13-16/h3-4,11-12,15-16H,5-10,13H2,1-2H3. The van der Waals surface area contributed by atoms with E-state index >= 15 is 0 Å². The highest BCUT2D eigenvalue weighted by Gasteiger charge is 2.35. The lowest BCUT2D eigenvalue weighted by Gasteiger charge is -2.30. The van der Waals surface area contributed by atoms with E-state index in [9.17, 15) is 21.6 Å². The number of rotatable bonds is 5. The van der Waals surface area contributed by atoms with Crippen molar-refractivity contribution in [1.29, 1.82) is 0 Å². The molecule has 2 aliphatic heterocycles. The van der Waals surface area contributed by atoms with Gasteiger partial charge in [0.1, 0.15) is 5.69 Å². The van der Waals surface area contributed by atoms with Gasteiger partial charge in [0.2, 0.25) is 10.0 Å². The normalized spacial score (nSPS) is 21.8. The highest BCUT2D eigenvalue weighted by Crippen LogP contribution is 2.33.